The molecule has 0 atom stereocenters. The normalized spacial score (nSPS) is 40.1. The summed E-state index contributed by atoms with van der Waals surface area (Å²) in [6.45, 7) is -2.71. The first-order chi connectivity index (χ1) is 7.16. The summed E-state index contributed by atoms with van der Waals surface area (Å²) in [6, 6.07) is 0. The monoisotopic (exact) mass is 248 g/mol. The Hall–Kier alpha value is -0.500. The molecule has 2 N–H and O–H groups in total. The molecule has 2 rings (SSSR count). The smallest absolute Gasteiger partial charge is 0.315 e. The van der Waals surface area contributed by atoms with Crippen LogP contribution in [0.15, 0.2) is 0 Å². The number of nitrogens with one attached hydrogen (secondary N) is 2. The van der Waals surface area contributed by atoms with Crippen LogP contribution in [0.1, 0.15) is 0 Å². The number of hydrogen-bond donors (Lipinski definition) is 2. The standard InChI is InChI=1S/C8H10F6N2/c9-7(10,11)5-1-15-3-6(5,4-16-2-5)8(12,13)14/h15-16H,1-4H2. The summed E-state index contributed by atoms with van der Waals surface area (Å²) in [7, 11) is 0. The van der Waals surface area contributed by atoms with Crippen LogP contribution in [0.25, 0.3) is 0 Å². The van der Waals surface area contributed by atoms with E-state index in [1.807, 2.05) is 0 Å². The number of rotatable bonds is 0. The Balaban J connectivity index is 2.52. The van der Waals surface area contributed by atoms with E-state index < -0.39 is 49.4 Å². The van der Waals surface area contributed by atoms with Crippen LogP contribution in [0.2, 0.25) is 0 Å². The van der Waals surface area contributed by atoms with Crippen molar-refractivity contribution in [3.8, 4) is 0 Å². The van der Waals surface area contributed by atoms with Crippen LogP contribution in [0, 0.1) is 10.8 Å². The number of alkyl halides is 6. The van der Waals surface area contributed by atoms with Gasteiger partial charge in [0.15, 0.2) is 0 Å². The van der Waals surface area contributed by atoms with Gasteiger partial charge in [-0.1, -0.05) is 0 Å². The second-order valence-corrected chi connectivity index (χ2v) is 4.37. The zero-order chi connectivity index (χ0) is 12.2. The third kappa shape index (κ3) is 1.17. The molecule has 2 aliphatic heterocycles. The van der Waals surface area contributed by atoms with Crippen LogP contribution in [0.3, 0.4) is 0 Å². The Morgan fingerprint density at radius 2 is 0.875 bits per heavy atom. The molecule has 0 spiro atoms. The minimum absolute atomic E-state index is 0.678. The number of fused-ring (bicyclic) bond motifs is 1. The fourth-order valence-corrected chi connectivity index (χ4v) is 2.72. The average molecular weight is 248 g/mol. The van der Waals surface area contributed by atoms with Gasteiger partial charge >= 0.3 is 12.4 Å². The molecule has 0 aromatic carbocycles. The van der Waals surface area contributed by atoms with Crippen LogP contribution in [0.5, 0.6) is 0 Å². The topological polar surface area (TPSA) is 24.1 Å². The lowest BCUT2D eigenvalue weighted by atomic mass is 9.67. The SMILES string of the molecule is FC(F)(F)C12CNCC1(C(F)(F)F)CNC2. The first kappa shape index (κ1) is 12.0. The van der Waals surface area contributed by atoms with E-state index in [1.54, 1.807) is 0 Å². The van der Waals surface area contributed by atoms with Crippen molar-refractivity contribution < 1.29 is 26.3 Å². The second-order valence-electron chi connectivity index (χ2n) is 4.37. The molecule has 0 amide bonds. The largest absolute Gasteiger partial charge is 0.397 e. The van der Waals surface area contributed by atoms with E-state index in [0.717, 1.165) is 0 Å². The first-order valence-electron chi connectivity index (χ1n) is 4.71. The summed E-state index contributed by atoms with van der Waals surface area (Å²) in [4.78, 5) is 0. The van der Waals surface area contributed by atoms with Crippen molar-refractivity contribution in [1.82, 2.24) is 10.6 Å². The maximum absolute atomic E-state index is 12.9. The minimum Gasteiger partial charge on any atom is -0.315 e. The molecule has 0 radical (unpaired) electrons. The van der Waals surface area contributed by atoms with E-state index in [-0.39, 0.29) is 0 Å². The van der Waals surface area contributed by atoms with Crippen molar-refractivity contribution in [2.45, 2.75) is 12.4 Å². The van der Waals surface area contributed by atoms with Crippen LogP contribution in [0.4, 0.5) is 26.3 Å². The Morgan fingerprint density at radius 3 is 1.06 bits per heavy atom. The Bertz CT molecular complexity index is 256. The molecule has 0 unspecified atom stereocenters. The van der Waals surface area contributed by atoms with E-state index in [2.05, 4.69) is 10.6 Å². The van der Waals surface area contributed by atoms with Crippen molar-refractivity contribution in [3.63, 3.8) is 0 Å². The second kappa shape index (κ2) is 3.04. The lowest BCUT2D eigenvalue weighted by molar-refractivity contribution is -0.306. The van der Waals surface area contributed by atoms with Gasteiger partial charge in [0.25, 0.3) is 0 Å². The van der Waals surface area contributed by atoms with Gasteiger partial charge in [0.1, 0.15) is 10.8 Å². The molecule has 0 aliphatic carbocycles. The zero-order valence-corrected chi connectivity index (χ0v) is 8.10. The maximum Gasteiger partial charge on any atom is 0.397 e. The molecule has 0 saturated carbocycles. The van der Waals surface area contributed by atoms with Crippen molar-refractivity contribution >= 4 is 0 Å². The first-order valence-corrected chi connectivity index (χ1v) is 4.71. The van der Waals surface area contributed by atoms with Gasteiger partial charge in [-0.25, -0.2) is 0 Å². The molecule has 0 aromatic heterocycles. The Kier molecular flexibility index (Phi) is 2.27. The van der Waals surface area contributed by atoms with Gasteiger partial charge in [-0.15, -0.1) is 0 Å². The van der Waals surface area contributed by atoms with Gasteiger partial charge in [0, 0.05) is 26.2 Å². The van der Waals surface area contributed by atoms with E-state index in [4.69, 9.17) is 0 Å². The maximum atomic E-state index is 12.9. The molecule has 2 nitrogen and oxygen atoms in total. The van der Waals surface area contributed by atoms with Crippen molar-refractivity contribution in [3.05, 3.63) is 0 Å². The Labute approximate surface area is 87.4 Å². The van der Waals surface area contributed by atoms with E-state index in [0.29, 0.717) is 0 Å². The molecule has 0 bridgehead atoms. The van der Waals surface area contributed by atoms with Crippen LogP contribution < -0.4 is 10.6 Å². The highest BCUT2D eigenvalue weighted by Gasteiger charge is 2.79. The third-order valence-electron chi connectivity index (χ3n) is 3.71. The van der Waals surface area contributed by atoms with Gasteiger partial charge in [0.2, 0.25) is 0 Å². The van der Waals surface area contributed by atoms with Gasteiger partial charge in [0.05, 0.1) is 0 Å². The summed E-state index contributed by atoms with van der Waals surface area (Å²) in [5.74, 6) is 0. The molecule has 8 heteroatoms. The fraction of sp³-hybridized carbons (Fsp3) is 1.00. The Morgan fingerprint density at radius 1 is 0.625 bits per heavy atom. The van der Waals surface area contributed by atoms with Gasteiger partial charge in [-0.3, -0.25) is 0 Å². The highest BCUT2D eigenvalue weighted by molar-refractivity contribution is 5.18. The molecule has 2 saturated heterocycles. The number of halogens is 6. The quantitative estimate of drug-likeness (QED) is 0.631. The summed E-state index contributed by atoms with van der Waals surface area (Å²) in [5, 5.41) is 4.48. The molecule has 2 aliphatic rings. The molecule has 0 aromatic rings. The van der Waals surface area contributed by atoms with Crippen molar-refractivity contribution in [1.29, 1.82) is 0 Å². The average Bonchev–Trinajstić information content (AvgIpc) is 2.52. The zero-order valence-electron chi connectivity index (χ0n) is 8.10. The third-order valence-corrected chi connectivity index (χ3v) is 3.71. The predicted molar refractivity (Wildman–Crippen MR) is 42.7 cm³/mol. The number of hydrogen-bond acceptors (Lipinski definition) is 2. The molecular formula is C8H10F6N2. The lowest BCUT2D eigenvalue weighted by Crippen LogP contribution is -2.57. The summed E-state index contributed by atoms with van der Waals surface area (Å²) >= 11 is 0. The van der Waals surface area contributed by atoms with Gasteiger partial charge in [-0.05, 0) is 0 Å². The molecule has 2 heterocycles. The van der Waals surface area contributed by atoms with Crippen molar-refractivity contribution in [2.75, 3.05) is 26.2 Å². The van der Waals surface area contributed by atoms with E-state index in [1.165, 1.54) is 0 Å². The minimum atomic E-state index is -4.87. The molecule has 16 heavy (non-hydrogen) atoms. The van der Waals surface area contributed by atoms with E-state index >= 15 is 0 Å². The molecular weight excluding hydrogens is 238 g/mol. The predicted octanol–water partition coefficient (Wildman–Crippen LogP) is 1.29. The highest BCUT2D eigenvalue weighted by Crippen LogP contribution is 2.61. The van der Waals surface area contributed by atoms with Gasteiger partial charge < -0.3 is 10.6 Å². The van der Waals surface area contributed by atoms with E-state index in [9.17, 15) is 26.3 Å². The summed E-state index contributed by atoms with van der Waals surface area (Å²) in [6.07, 6.45) is -9.73. The van der Waals surface area contributed by atoms with Gasteiger partial charge in [-0.2, -0.15) is 26.3 Å². The highest BCUT2D eigenvalue weighted by atomic mass is 19.4. The van der Waals surface area contributed by atoms with Crippen LogP contribution in [-0.2, 0) is 0 Å². The summed E-state index contributed by atoms with van der Waals surface area (Å²) < 4.78 is 77.4. The lowest BCUT2D eigenvalue weighted by Gasteiger charge is -2.40. The molecule has 2 fully saturated rings. The fourth-order valence-electron chi connectivity index (χ4n) is 2.72. The van der Waals surface area contributed by atoms with Crippen molar-refractivity contribution in [2.24, 2.45) is 10.8 Å². The molecule has 94 valence electrons. The van der Waals surface area contributed by atoms with Crippen LogP contribution in [-0.4, -0.2) is 38.5 Å². The van der Waals surface area contributed by atoms with Crippen LogP contribution >= 0.6 is 0 Å². The summed E-state index contributed by atoms with van der Waals surface area (Å²) in [5.41, 5.74) is -5.45.